The second-order valence-electron chi connectivity index (χ2n) is 9.80. The maximum absolute atomic E-state index is 14.6. The number of benzene rings is 1. The van der Waals surface area contributed by atoms with Crippen LogP contribution < -0.4 is 5.56 Å². The molecule has 3 fully saturated rings. The van der Waals surface area contributed by atoms with Crippen molar-refractivity contribution in [1.82, 2.24) is 20.0 Å². The summed E-state index contributed by atoms with van der Waals surface area (Å²) in [5.74, 6) is 0.247. The predicted octanol–water partition coefficient (Wildman–Crippen LogP) is 2.59. The zero-order valence-corrected chi connectivity index (χ0v) is 19.1. The zero-order chi connectivity index (χ0) is 23.3. The van der Waals surface area contributed by atoms with Crippen LogP contribution in [-0.2, 0) is 11.2 Å². The summed E-state index contributed by atoms with van der Waals surface area (Å²) in [5.41, 5.74) is 2.48. The number of hydrogen-bond acceptors (Lipinski definition) is 4. The summed E-state index contributed by atoms with van der Waals surface area (Å²) in [4.78, 5) is 41.2. The molecular weight excluding hydrogens is 423 g/mol. The number of aromatic nitrogens is 2. The van der Waals surface area contributed by atoms with Crippen LogP contribution in [0.5, 0.6) is 0 Å². The van der Waals surface area contributed by atoms with Crippen molar-refractivity contribution in [3.05, 3.63) is 62.3 Å². The maximum Gasteiger partial charge on any atom is 0.267 e. The summed E-state index contributed by atoms with van der Waals surface area (Å²) >= 11 is 0. The molecular formula is C25H29FN4O3. The van der Waals surface area contributed by atoms with Gasteiger partial charge in [0.05, 0.1) is 11.3 Å². The average molecular weight is 453 g/mol. The second-order valence-corrected chi connectivity index (χ2v) is 9.80. The van der Waals surface area contributed by atoms with E-state index in [4.69, 9.17) is 0 Å². The summed E-state index contributed by atoms with van der Waals surface area (Å²) in [7, 11) is 0. The highest BCUT2D eigenvalue weighted by Crippen LogP contribution is 2.46. The third kappa shape index (κ3) is 3.96. The van der Waals surface area contributed by atoms with E-state index in [0.717, 1.165) is 17.9 Å². The van der Waals surface area contributed by atoms with Crippen LogP contribution in [0, 0.1) is 31.5 Å². The lowest BCUT2D eigenvalue weighted by atomic mass is 9.93. The van der Waals surface area contributed by atoms with Crippen LogP contribution in [0.25, 0.3) is 0 Å². The van der Waals surface area contributed by atoms with Gasteiger partial charge in [-0.3, -0.25) is 14.4 Å². The number of hydrogen-bond donors (Lipinski definition) is 1. The third-order valence-electron chi connectivity index (χ3n) is 7.91. The lowest BCUT2D eigenvalue weighted by molar-refractivity contribution is -0.138. The number of piperazine rings is 1. The van der Waals surface area contributed by atoms with Gasteiger partial charge in [0, 0.05) is 31.1 Å². The van der Waals surface area contributed by atoms with Gasteiger partial charge in [-0.25, -0.2) is 9.49 Å². The Kier molecular flexibility index (Phi) is 5.54. The first kappa shape index (κ1) is 21.8. The van der Waals surface area contributed by atoms with Crippen molar-refractivity contribution in [2.75, 3.05) is 19.6 Å². The molecule has 1 saturated heterocycles. The Morgan fingerprint density at radius 2 is 1.97 bits per heavy atom. The van der Waals surface area contributed by atoms with Crippen LogP contribution in [0.2, 0.25) is 0 Å². The van der Waals surface area contributed by atoms with Crippen molar-refractivity contribution in [2.24, 2.45) is 11.8 Å². The maximum atomic E-state index is 14.6. The van der Waals surface area contributed by atoms with E-state index in [1.807, 2.05) is 11.8 Å². The lowest BCUT2D eigenvalue weighted by Gasteiger charge is -2.40. The minimum atomic E-state index is -0.603. The van der Waals surface area contributed by atoms with Gasteiger partial charge in [-0.1, -0.05) is 12.5 Å². The van der Waals surface area contributed by atoms with Crippen LogP contribution >= 0.6 is 0 Å². The summed E-state index contributed by atoms with van der Waals surface area (Å²) in [6.07, 6.45) is 5.14. The van der Waals surface area contributed by atoms with Gasteiger partial charge in [-0.2, -0.15) is 5.10 Å². The molecule has 3 atom stereocenters. The first-order chi connectivity index (χ1) is 15.8. The SMILES string of the molecule is Cc1c(Cc2ccc(F)c(C(=O)N3CCN([C@@H]4C[C@@H]5CC[C@@H]4C5)C(=O)C3)c2)n[nH]c(=O)c1C. The molecule has 33 heavy (non-hydrogen) atoms. The number of aromatic amines is 1. The van der Waals surface area contributed by atoms with Gasteiger partial charge in [0.2, 0.25) is 5.91 Å². The Hall–Kier alpha value is -3.03. The van der Waals surface area contributed by atoms with E-state index in [2.05, 4.69) is 10.2 Å². The molecule has 2 amide bonds. The molecule has 2 saturated carbocycles. The number of carbonyl (C=O) groups excluding carboxylic acids is 2. The molecule has 8 heteroatoms. The molecule has 1 aliphatic heterocycles. The van der Waals surface area contributed by atoms with Crippen molar-refractivity contribution in [3.8, 4) is 0 Å². The molecule has 2 bridgehead atoms. The Morgan fingerprint density at radius 1 is 1.15 bits per heavy atom. The topological polar surface area (TPSA) is 86.4 Å². The van der Waals surface area contributed by atoms with Crippen molar-refractivity contribution in [3.63, 3.8) is 0 Å². The van der Waals surface area contributed by atoms with Gasteiger partial charge >= 0.3 is 0 Å². The number of halogens is 1. The molecule has 0 radical (unpaired) electrons. The van der Waals surface area contributed by atoms with Crippen molar-refractivity contribution in [1.29, 1.82) is 0 Å². The Balaban J connectivity index is 1.30. The fourth-order valence-corrected chi connectivity index (χ4v) is 5.86. The fourth-order valence-electron chi connectivity index (χ4n) is 5.86. The van der Waals surface area contributed by atoms with Gasteiger partial charge < -0.3 is 9.80 Å². The first-order valence-corrected chi connectivity index (χ1v) is 11.7. The number of nitrogens with one attached hydrogen (secondary N) is 1. The van der Waals surface area contributed by atoms with E-state index in [1.165, 1.54) is 36.3 Å². The quantitative estimate of drug-likeness (QED) is 0.773. The summed E-state index contributed by atoms with van der Waals surface area (Å²) in [5, 5.41) is 6.59. The smallest absolute Gasteiger partial charge is 0.267 e. The van der Waals surface area contributed by atoms with Crippen molar-refractivity contribution < 1.29 is 14.0 Å². The van der Waals surface area contributed by atoms with E-state index in [1.54, 1.807) is 13.0 Å². The minimum Gasteiger partial charge on any atom is -0.336 e. The molecule has 0 spiro atoms. The number of fused-ring (bicyclic) bond motifs is 2. The van der Waals surface area contributed by atoms with E-state index in [0.29, 0.717) is 48.3 Å². The number of H-pyrrole nitrogens is 1. The van der Waals surface area contributed by atoms with Gasteiger partial charge in [0.25, 0.3) is 11.5 Å². The summed E-state index contributed by atoms with van der Waals surface area (Å²) in [6.45, 7) is 4.48. The summed E-state index contributed by atoms with van der Waals surface area (Å²) in [6, 6.07) is 4.74. The molecule has 1 N–H and O–H groups in total. The van der Waals surface area contributed by atoms with Crippen LogP contribution in [0.4, 0.5) is 4.39 Å². The van der Waals surface area contributed by atoms with Gasteiger partial charge in [0.1, 0.15) is 12.4 Å². The van der Waals surface area contributed by atoms with Crippen LogP contribution in [0.1, 0.15) is 58.4 Å². The minimum absolute atomic E-state index is 0.00380. The molecule has 0 unspecified atom stereocenters. The van der Waals surface area contributed by atoms with Crippen LogP contribution in [-0.4, -0.2) is 57.5 Å². The Labute approximate surface area is 192 Å². The average Bonchev–Trinajstić information content (AvgIpc) is 3.44. The number of amides is 2. The van der Waals surface area contributed by atoms with Gasteiger partial charge in [-0.05, 0) is 68.2 Å². The van der Waals surface area contributed by atoms with Crippen molar-refractivity contribution in [2.45, 2.75) is 52.0 Å². The lowest BCUT2D eigenvalue weighted by Crippen LogP contribution is -2.56. The largest absolute Gasteiger partial charge is 0.336 e. The first-order valence-electron chi connectivity index (χ1n) is 11.7. The van der Waals surface area contributed by atoms with Gasteiger partial charge in [-0.15, -0.1) is 0 Å². The molecule has 2 aliphatic carbocycles. The molecule has 1 aromatic heterocycles. The fraction of sp³-hybridized carbons (Fsp3) is 0.520. The standard InChI is InChI=1S/C25H29FN4O3/c1-14-15(2)24(32)28-27-21(14)11-17-4-6-20(26)19(10-17)25(33)29-7-8-30(23(31)13-29)22-12-16-3-5-18(22)9-16/h4,6,10,16,18,22H,3,5,7-9,11-13H2,1-2H3,(H,28,32)/t16-,18-,22-/m1/s1. The van der Waals surface area contributed by atoms with E-state index in [-0.39, 0.29) is 23.6 Å². The van der Waals surface area contributed by atoms with Crippen LogP contribution in [0.15, 0.2) is 23.0 Å². The highest BCUT2D eigenvalue weighted by Gasteiger charge is 2.45. The molecule has 7 nitrogen and oxygen atoms in total. The van der Waals surface area contributed by atoms with Gasteiger partial charge in [0.15, 0.2) is 0 Å². The zero-order valence-electron chi connectivity index (χ0n) is 19.1. The second kappa shape index (κ2) is 8.39. The normalized spacial score (nSPS) is 24.6. The summed E-state index contributed by atoms with van der Waals surface area (Å²) < 4.78 is 14.6. The third-order valence-corrected chi connectivity index (χ3v) is 7.91. The van der Waals surface area contributed by atoms with Crippen LogP contribution in [0.3, 0.4) is 0 Å². The molecule has 5 rings (SSSR count). The van der Waals surface area contributed by atoms with Crippen molar-refractivity contribution >= 4 is 11.8 Å². The highest BCUT2D eigenvalue weighted by molar-refractivity contribution is 5.97. The Bertz CT molecular complexity index is 1180. The highest BCUT2D eigenvalue weighted by atomic mass is 19.1. The Morgan fingerprint density at radius 3 is 2.67 bits per heavy atom. The predicted molar refractivity (Wildman–Crippen MR) is 120 cm³/mol. The molecule has 2 heterocycles. The molecule has 2 aromatic rings. The molecule has 174 valence electrons. The number of rotatable bonds is 4. The van der Waals surface area contributed by atoms with E-state index in [9.17, 15) is 18.8 Å². The molecule has 3 aliphatic rings. The number of carbonyl (C=O) groups is 2. The molecule has 1 aromatic carbocycles. The number of nitrogens with zero attached hydrogens (tertiary/aromatic N) is 3. The van der Waals surface area contributed by atoms with E-state index < -0.39 is 11.7 Å². The monoisotopic (exact) mass is 452 g/mol. The van der Waals surface area contributed by atoms with E-state index >= 15 is 0 Å².